The van der Waals surface area contributed by atoms with Crippen LogP contribution in [0.15, 0.2) is 48.5 Å². The van der Waals surface area contributed by atoms with Gasteiger partial charge in [0.15, 0.2) is 0 Å². The van der Waals surface area contributed by atoms with Gasteiger partial charge in [-0.15, -0.1) is 0 Å². The molecule has 0 atom stereocenters. The number of nitrogens with two attached hydrogens (primary N) is 1. The molecule has 2 rings (SSSR count). The van der Waals surface area contributed by atoms with Crippen LogP contribution in [0.5, 0.6) is 0 Å². The van der Waals surface area contributed by atoms with Gasteiger partial charge in [-0.3, -0.25) is 4.79 Å². The molecule has 0 unspecified atom stereocenters. The fourth-order valence-corrected chi connectivity index (χ4v) is 2.13. The van der Waals surface area contributed by atoms with E-state index in [1.807, 2.05) is 24.3 Å². The second-order valence-corrected chi connectivity index (χ2v) is 4.90. The highest BCUT2D eigenvalue weighted by molar-refractivity contribution is 5.94. The summed E-state index contributed by atoms with van der Waals surface area (Å²) in [4.78, 5) is 12.0. The number of carbonyl (C=O) groups is 1. The van der Waals surface area contributed by atoms with E-state index in [4.69, 9.17) is 5.73 Å². The monoisotopic (exact) mass is 268 g/mol. The van der Waals surface area contributed by atoms with Gasteiger partial charge in [0.1, 0.15) is 0 Å². The molecule has 0 fully saturated rings. The normalized spacial score (nSPS) is 10.3. The highest BCUT2D eigenvalue weighted by Gasteiger charge is 2.05. The molecule has 0 heterocycles. The molecule has 3 nitrogen and oxygen atoms in total. The Balaban J connectivity index is 1.89. The lowest BCUT2D eigenvalue weighted by Gasteiger charge is -2.07. The summed E-state index contributed by atoms with van der Waals surface area (Å²) in [5.74, 6) is -0.0482. The Hall–Kier alpha value is -2.13. The average Bonchev–Trinajstić information content (AvgIpc) is 2.47. The van der Waals surface area contributed by atoms with Crippen LogP contribution in [-0.2, 0) is 13.0 Å². The van der Waals surface area contributed by atoms with E-state index in [0.717, 1.165) is 12.0 Å². The van der Waals surface area contributed by atoms with Crippen molar-refractivity contribution in [1.29, 1.82) is 0 Å². The zero-order valence-electron chi connectivity index (χ0n) is 11.7. The molecule has 0 aliphatic carbocycles. The van der Waals surface area contributed by atoms with Gasteiger partial charge < -0.3 is 11.1 Å². The van der Waals surface area contributed by atoms with Crippen LogP contribution in [0.4, 0.5) is 0 Å². The van der Waals surface area contributed by atoms with Gasteiger partial charge in [-0.1, -0.05) is 42.0 Å². The van der Waals surface area contributed by atoms with Crippen LogP contribution in [0, 0.1) is 6.92 Å². The Morgan fingerprint density at radius 3 is 2.60 bits per heavy atom. The molecule has 0 aromatic heterocycles. The molecule has 3 N–H and O–H groups in total. The maximum Gasteiger partial charge on any atom is 0.251 e. The molecule has 0 saturated carbocycles. The zero-order chi connectivity index (χ0) is 14.4. The van der Waals surface area contributed by atoms with E-state index in [1.54, 1.807) is 6.07 Å². The molecule has 0 aliphatic heterocycles. The van der Waals surface area contributed by atoms with Crippen molar-refractivity contribution in [2.24, 2.45) is 5.73 Å². The first-order valence-electron chi connectivity index (χ1n) is 6.82. The lowest BCUT2D eigenvalue weighted by Crippen LogP contribution is -2.25. The van der Waals surface area contributed by atoms with E-state index in [-0.39, 0.29) is 5.91 Å². The Kier molecular flexibility index (Phi) is 4.91. The smallest absolute Gasteiger partial charge is 0.251 e. The largest absolute Gasteiger partial charge is 0.352 e. The number of hydrogen-bond acceptors (Lipinski definition) is 2. The molecule has 1 amide bonds. The predicted molar refractivity (Wildman–Crippen MR) is 81.5 cm³/mol. The molecule has 20 heavy (non-hydrogen) atoms. The Morgan fingerprint density at radius 2 is 1.85 bits per heavy atom. The summed E-state index contributed by atoms with van der Waals surface area (Å²) in [5, 5.41) is 2.94. The van der Waals surface area contributed by atoms with Crippen molar-refractivity contribution >= 4 is 5.91 Å². The Labute approximate surface area is 119 Å². The minimum Gasteiger partial charge on any atom is -0.352 e. The van der Waals surface area contributed by atoms with Crippen molar-refractivity contribution in [3.8, 4) is 0 Å². The molecular weight excluding hydrogens is 248 g/mol. The van der Waals surface area contributed by atoms with Crippen molar-refractivity contribution in [3.63, 3.8) is 0 Å². The van der Waals surface area contributed by atoms with Gasteiger partial charge >= 0.3 is 0 Å². The summed E-state index contributed by atoms with van der Waals surface area (Å²) < 4.78 is 0. The van der Waals surface area contributed by atoms with E-state index in [0.29, 0.717) is 18.7 Å². The predicted octanol–water partition coefficient (Wildman–Crippen LogP) is 2.43. The van der Waals surface area contributed by atoms with Crippen LogP contribution < -0.4 is 11.1 Å². The first-order valence-corrected chi connectivity index (χ1v) is 6.82. The summed E-state index contributed by atoms with van der Waals surface area (Å²) in [6, 6.07) is 15.7. The minimum atomic E-state index is -0.0482. The number of hydrogen-bond donors (Lipinski definition) is 2. The van der Waals surface area contributed by atoms with Gasteiger partial charge in [0.2, 0.25) is 0 Å². The molecular formula is C17H20N2O. The lowest BCUT2D eigenvalue weighted by atomic mass is 10.1. The Bertz CT molecular complexity index is 593. The van der Waals surface area contributed by atoms with Gasteiger partial charge in [-0.05, 0) is 36.6 Å². The lowest BCUT2D eigenvalue weighted by molar-refractivity contribution is 0.0954. The van der Waals surface area contributed by atoms with Gasteiger partial charge in [0.25, 0.3) is 5.91 Å². The molecule has 3 heteroatoms. The van der Waals surface area contributed by atoms with Crippen LogP contribution in [0.25, 0.3) is 0 Å². The summed E-state index contributed by atoms with van der Waals surface area (Å²) in [6.07, 6.45) is 0.837. The number of nitrogens with one attached hydrogen (secondary N) is 1. The molecule has 0 spiro atoms. The summed E-state index contributed by atoms with van der Waals surface area (Å²) >= 11 is 0. The topological polar surface area (TPSA) is 55.1 Å². The number of aryl methyl sites for hydroxylation is 1. The minimum absolute atomic E-state index is 0.0482. The molecule has 2 aromatic rings. The number of benzene rings is 2. The third-order valence-electron chi connectivity index (χ3n) is 3.21. The summed E-state index contributed by atoms with van der Waals surface area (Å²) in [5.41, 5.74) is 9.69. The molecule has 0 radical (unpaired) electrons. The molecule has 0 aliphatic rings. The van der Waals surface area contributed by atoms with Gasteiger partial charge in [-0.2, -0.15) is 0 Å². The SMILES string of the molecule is Cc1cccc(CCNC(=O)c2cccc(CN)c2)c1. The van der Waals surface area contributed by atoms with Gasteiger partial charge in [0.05, 0.1) is 0 Å². The quantitative estimate of drug-likeness (QED) is 0.875. The second-order valence-electron chi connectivity index (χ2n) is 4.90. The second kappa shape index (κ2) is 6.87. The standard InChI is InChI=1S/C17H20N2O/c1-13-4-2-5-14(10-13)8-9-19-17(20)16-7-3-6-15(11-16)12-18/h2-7,10-11H,8-9,12,18H2,1H3,(H,19,20). The van der Waals surface area contributed by atoms with Crippen LogP contribution in [-0.4, -0.2) is 12.5 Å². The van der Waals surface area contributed by atoms with Crippen molar-refractivity contribution in [1.82, 2.24) is 5.32 Å². The fourth-order valence-electron chi connectivity index (χ4n) is 2.13. The first-order chi connectivity index (χ1) is 9.69. The van der Waals surface area contributed by atoms with Crippen molar-refractivity contribution < 1.29 is 4.79 Å². The van der Waals surface area contributed by atoms with E-state index < -0.39 is 0 Å². The molecule has 0 bridgehead atoms. The third-order valence-corrected chi connectivity index (χ3v) is 3.21. The van der Waals surface area contributed by atoms with Crippen molar-refractivity contribution in [2.45, 2.75) is 19.9 Å². The first kappa shape index (κ1) is 14.3. The maximum atomic E-state index is 12.0. The summed E-state index contributed by atoms with van der Waals surface area (Å²) in [6.45, 7) is 3.15. The van der Waals surface area contributed by atoms with Crippen molar-refractivity contribution in [3.05, 3.63) is 70.8 Å². The zero-order valence-corrected chi connectivity index (χ0v) is 11.7. The number of rotatable bonds is 5. The molecule has 104 valence electrons. The van der Waals surface area contributed by atoms with Gasteiger partial charge in [0, 0.05) is 18.7 Å². The number of carbonyl (C=O) groups excluding carboxylic acids is 1. The highest BCUT2D eigenvalue weighted by Crippen LogP contribution is 2.06. The van der Waals surface area contributed by atoms with Gasteiger partial charge in [-0.25, -0.2) is 0 Å². The van der Waals surface area contributed by atoms with E-state index >= 15 is 0 Å². The van der Waals surface area contributed by atoms with E-state index in [1.165, 1.54) is 11.1 Å². The highest BCUT2D eigenvalue weighted by atomic mass is 16.1. The fraction of sp³-hybridized carbons (Fsp3) is 0.235. The number of amides is 1. The Morgan fingerprint density at radius 1 is 1.10 bits per heavy atom. The average molecular weight is 268 g/mol. The van der Waals surface area contributed by atoms with E-state index in [2.05, 4.69) is 30.4 Å². The van der Waals surface area contributed by atoms with E-state index in [9.17, 15) is 4.79 Å². The van der Waals surface area contributed by atoms with Crippen LogP contribution in [0.1, 0.15) is 27.0 Å². The molecule has 0 saturated heterocycles. The van der Waals surface area contributed by atoms with Crippen molar-refractivity contribution in [2.75, 3.05) is 6.54 Å². The van der Waals surface area contributed by atoms with Crippen LogP contribution >= 0.6 is 0 Å². The maximum absolute atomic E-state index is 12.0. The summed E-state index contributed by atoms with van der Waals surface area (Å²) in [7, 11) is 0. The molecule has 2 aromatic carbocycles. The third kappa shape index (κ3) is 3.93. The van der Waals surface area contributed by atoms with Crippen LogP contribution in [0.2, 0.25) is 0 Å². The van der Waals surface area contributed by atoms with Crippen LogP contribution in [0.3, 0.4) is 0 Å².